The molecule has 0 bridgehead atoms. The quantitative estimate of drug-likeness (QED) is 0.121. The molecule has 0 radical (unpaired) electrons. The van der Waals surface area contributed by atoms with Crippen molar-refractivity contribution in [3.05, 3.63) is 190 Å². The van der Waals surface area contributed by atoms with Crippen LogP contribution in [0.25, 0.3) is 22.5 Å². The standard InChI is InChI=1S/2C27H24F3N3O3S/c2*1-17-4-3-5-19(32-17)16-37(34,35)20-7-9-23-22(11-13-36-26(23)15-20)21-8-6-18(27(28,29)30)14-24(21)25-10-12-31-33(25)2/h2*3-10,12,14-15,22H,11,13,16H2,1-2H3/t2*22-/m10/s1. The number of nitrogens with zero attached hydrogens (tertiary/aromatic N) is 6. The number of pyridine rings is 2. The summed E-state index contributed by atoms with van der Waals surface area (Å²) in [6, 6.07) is 30.7. The lowest BCUT2D eigenvalue weighted by Crippen LogP contribution is -2.18. The van der Waals surface area contributed by atoms with Crippen LogP contribution in [0, 0.1) is 13.8 Å². The van der Waals surface area contributed by atoms with Crippen LogP contribution < -0.4 is 9.47 Å². The van der Waals surface area contributed by atoms with Crippen molar-refractivity contribution < 1.29 is 52.7 Å². The van der Waals surface area contributed by atoms with Crippen molar-refractivity contribution in [1.82, 2.24) is 29.5 Å². The fourth-order valence-electron chi connectivity index (χ4n) is 9.48. The fraction of sp³-hybridized carbons (Fsp3) is 0.259. The van der Waals surface area contributed by atoms with E-state index in [-0.39, 0.29) is 33.1 Å². The van der Waals surface area contributed by atoms with E-state index in [4.69, 9.17) is 9.47 Å². The normalized spacial score (nSPS) is 15.8. The smallest absolute Gasteiger partial charge is 0.416 e. The molecule has 0 unspecified atom stereocenters. The Kier molecular flexibility index (Phi) is 14.1. The van der Waals surface area contributed by atoms with Crippen LogP contribution in [0.2, 0.25) is 0 Å². The van der Waals surface area contributed by atoms with Crippen molar-refractivity contribution in [2.45, 2.75) is 72.2 Å². The summed E-state index contributed by atoms with van der Waals surface area (Å²) >= 11 is 0. The monoisotopic (exact) mass is 1050 g/mol. The fourth-order valence-corrected chi connectivity index (χ4v) is 12.0. The molecule has 10 rings (SSSR count). The van der Waals surface area contributed by atoms with Gasteiger partial charge in [0.15, 0.2) is 19.7 Å². The molecular formula is C54H48F6N6O6S2. The maximum absolute atomic E-state index is 13.6. The average molecular weight is 1060 g/mol. The van der Waals surface area contributed by atoms with E-state index in [9.17, 15) is 43.2 Å². The van der Waals surface area contributed by atoms with Gasteiger partial charge in [0.05, 0.1) is 68.4 Å². The summed E-state index contributed by atoms with van der Waals surface area (Å²) < 4.78 is 149. The van der Waals surface area contributed by atoms with Crippen molar-refractivity contribution >= 4 is 19.7 Å². The Morgan fingerprint density at radius 1 is 0.527 bits per heavy atom. The molecule has 0 aliphatic carbocycles. The minimum absolute atomic E-state index is 0.106. The first-order valence-electron chi connectivity index (χ1n) is 23.3. The Bertz CT molecular complexity index is 3400. The Balaban J connectivity index is 0.000000182. The van der Waals surface area contributed by atoms with Crippen LogP contribution in [0.5, 0.6) is 11.5 Å². The summed E-state index contributed by atoms with van der Waals surface area (Å²) in [6.07, 6.45) is -4.84. The zero-order valence-corrected chi connectivity index (χ0v) is 41.9. The number of ether oxygens (including phenoxy) is 2. The molecule has 0 saturated carbocycles. The van der Waals surface area contributed by atoms with Crippen LogP contribution in [-0.4, -0.2) is 59.6 Å². The number of halogens is 6. The van der Waals surface area contributed by atoms with E-state index in [1.807, 2.05) is 0 Å². The van der Waals surface area contributed by atoms with Crippen molar-refractivity contribution in [2.24, 2.45) is 14.1 Å². The molecule has 74 heavy (non-hydrogen) atoms. The SMILES string of the molecule is Cc1cccc(CS(=O)(=O)c2ccc3c(c2)OCC[C@@H]3c2ccc(C(F)(F)F)cc2-c2ccnn2C)n1.Cc1cccc(CS(=O)(=O)c2ccc3c(c2)OCC[C@H]3c2ccc(C(F)(F)F)cc2-c2ccnn2C)n1. The summed E-state index contributed by atoms with van der Waals surface area (Å²) in [4.78, 5) is 8.79. The van der Waals surface area contributed by atoms with Gasteiger partial charge in [-0.2, -0.15) is 36.5 Å². The van der Waals surface area contributed by atoms with Gasteiger partial charge in [0.2, 0.25) is 0 Å². The van der Waals surface area contributed by atoms with E-state index >= 15 is 0 Å². The molecule has 2 aliphatic heterocycles. The van der Waals surface area contributed by atoms with Gasteiger partial charge < -0.3 is 9.47 Å². The molecular weight excluding hydrogens is 1010 g/mol. The topological polar surface area (TPSA) is 148 Å². The number of sulfone groups is 2. The second kappa shape index (κ2) is 20.2. The van der Waals surface area contributed by atoms with Gasteiger partial charge in [0, 0.05) is 72.0 Å². The molecule has 0 saturated heterocycles. The van der Waals surface area contributed by atoms with Crippen molar-refractivity contribution in [2.75, 3.05) is 13.2 Å². The van der Waals surface area contributed by atoms with Gasteiger partial charge in [-0.05, 0) is 123 Å². The van der Waals surface area contributed by atoms with Gasteiger partial charge in [0.1, 0.15) is 11.5 Å². The molecule has 0 amide bonds. The number of aryl methyl sites for hydroxylation is 4. The van der Waals surface area contributed by atoms with E-state index in [2.05, 4.69) is 20.2 Å². The highest BCUT2D eigenvalue weighted by Gasteiger charge is 2.36. The predicted molar refractivity (Wildman–Crippen MR) is 264 cm³/mol. The first-order chi connectivity index (χ1) is 35.1. The molecule has 4 aromatic carbocycles. The second-order valence-corrected chi connectivity index (χ2v) is 22.1. The van der Waals surface area contributed by atoms with Gasteiger partial charge in [0.25, 0.3) is 0 Å². The van der Waals surface area contributed by atoms with Gasteiger partial charge in [-0.25, -0.2) is 16.8 Å². The average Bonchev–Trinajstić information content (AvgIpc) is 3.99. The maximum atomic E-state index is 13.6. The van der Waals surface area contributed by atoms with Gasteiger partial charge in [-0.15, -0.1) is 0 Å². The Labute approximate surface area is 423 Å². The van der Waals surface area contributed by atoms with E-state index in [0.717, 1.165) is 46.8 Å². The largest absolute Gasteiger partial charge is 0.493 e. The molecule has 8 aromatic rings. The lowest BCUT2D eigenvalue weighted by molar-refractivity contribution is -0.138. The number of fused-ring (bicyclic) bond motifs is 2. The Morgan fingerprint density at radius 2 is 0.919 bits per heavy atom. The number of alkyl halides is 6. The van der Waals surface area contributed by atoms with E-state index in [1.165, 1.54) is 58.2 Å². The van der Waals surface area contributed by atoms with Gasteiger partial charge in [-0.3, -0.25) is 19.3 Å². The molecule has 0 spiro atoms. The number of hydrogen-bond donors (Lipinski definition) is 0. The van der Waals surface area contributed by atoms with Crippen LogP contribution >= 0.6 is 0 Å². The molecule has 12 nitrogen and oxygen atoms in total. The van der Waals surface area contributed by atoms with E-state index in [0.29, 0.717) is 82.6 Å². The third kappa shape index (κ3) is 11.0. The summed E-state index contributed by atoms with van der Waals surface area (Å²) in [5, 5.41) is 8.27. The highest BCUT2D eigenvalue weighted by atomic mass is 32.2. The highest BCUT2D eigenvalue weighted by molar-refractivity contribution is 7.91. The Hall–Kier alpha value is -7.32. The number of aromatic nitrogens is 6. The van der Waals surface area contributed by atoms with Crippen molar-refractivity contribution in [1.29, 1.82) is 0 Å². The van der Waals surface area contributed by atoms with Gasteiger partial charge >= 0.3 is 12.4 Å². The van der Waals surface area contributed by atoms with Gasteiger partial charge in [-0.1, -0.05) is 36.4 Å². The van der Waals surface area contributed by atoms with Crippen LogP contribution in [0.15, 0.2) is 144 Å². The van der Waals surface area contributed by atoms with Crippen molar-refractivity contribution in [3.8, 4) is 34.0 Å². The lowest BCUT2D eigenvalue weighted by atomic mass is 9.83. The molecule has 0 N–H and O–H groups in total. The second-order valence-electron chi connectivity index (χ2n) is 18.1. The summed E-state index contributed by atoms with van der Waals surface area (Å²) in [7, 11) is -4.04. The number of rotatable bonds is 10. The Morgan fingerprint density at radius 3 is 1.27 bits per heavy atom. The maximum Gasteiger partial charge on any atom is 0.416 e. The minimum Gasteiger partial charge on any atom is -0.493 e. The third-order valence-electron chi connectivity index (χ3n) is 13.0. The number of hydrogen-bond acceptors (Lipinski definition) is 10. The molecule has 6 heterocycles. The molecule has 0 fully saturated rings. The molecule has 2 aliphatic rings. The van der Waals surface area contributed by atoms with Crippen LogP contribution in [0.4, 0.5) is 26.3 Å². The summed E-state index contributed by atoms with van der Waals surface area (Å²) in [6.45, 7) is 4.19. The highest BCUT2D eigenvalue weighted by Crippen LogP contribution is 2.46. The van der Waals surface area contributed by atoms with Crippen LogP contribution in [-0.2, 0) is 57.6 Å². The zero-order valence-electron chi connectivity index (χ0n) is 40.3. The van der Waals surface area contributed by atoms with Crippen LogP contribution in [0.3, 0.4) is 0 Å². The first kappa shape index (κ1) is 51.6. The molecule has 4 aromatic heterocycles. The molecule has 384 valence electrons. The number of benzene rings is 4. The van der Waals surface area contributed by atoms with Crippen LogP contribution in [0.1, 0.15) is 80.8 Å². The van der Waals surface area contributed by atoms with E-state index in [1.54, 1.807) is 88.6 Å². The van der Waals surface area contributed by atoms with E-state index < -0.39 is 43.2 Å². The third-order valence-corrected chi connectivity index (χ3v) is 16.3. The summed E-state index contributed by atoms with van der Waals surface area (Å²) in [5.41, 5.74) is 5.66. The minimum atomic E-state index is -4.49. The molecule has 20 heteroatoms. The molecule has 2 atom stereocenters. The zero-order chi connectivity index (χ0) is 52.7. The predicted octanol–water partition coefficient (Wildman–Crippen LogP) is 11.4. The lowest BCUT2D eigenvalue weighted by Gasteiger charge is -2.29. The summed E-state index contributed by atoms with van der Waals surface area (Å²) in [5.74, 6) is -0.256. The first-order valence-corrected chi connectivity index (χ1v) is 26.6. The van der Waals surface area contributed by atoms with Crippen molar-refractivity contribution in [3.63, 3.8) is 0 Å².